The summed E-state index contributed by atoms with van der Waals surface area (Å²) in [4.78, 5) is 44.3. The highest BCUT2D eigenvalue weighted by Crippen LogP contribution is 2.22. The minimum atomic E-state index is -3.62. The van der Waals surface area contributed by atoms with E-state index in [1.807, 2.05) is 0 Å². The predicted molar refractivity (Wildman–Crippen MR) is 116 cm³/mol. The second-order valence-corrected chi connectivity index (χ2v) is 9.41. The van der Waals surface area contributed by atoms with Gasteiger partial charge < -0.3 is 14.5 Å². The van der Waals surface area contributed by atoms with Gasteiger partial charge in [-0.3, -0.25) is 24.1 Å². The number of carbonyl (C=O) groups is 3. The molecule has 0 aromatic heterocycles. The van der Waals surface area contributed by atoms with Crippen LogP contribution in [0.5, 0.6) is 0 Å². The summed E-state index contributed by atoms with van der Waals surface area (Å²) in [5, 5.41) is 0. The number of benzene rings is 1. The number of nitrogens with one attached hydrogen (secondary N) is 1. The number of likely N-dealkylation sites (tertiary alicyclic amines) is 1. The summed E-state index contributed by atoms with van der Waals surface area (Å²) in [6.07, 6.45) is 1.43. The molecule has 1 N–H and O–H groups in total. The van der Waals surface area contributed by atoms with Crippen molar-refractivity contribution < 1.29 is 27.5 Å². The number of likely N-dealkylation sites (N-methyl/N-ethyl adjacent to an activating group) is 1. The van der Waals surface area contributed by atoms with E-state index in [0.717, 1.165) is 0 Å². The fourth-order valence-corrected chi connectivity index (χ4v) is 5.00. The van der Waals surface area contributed by atoms with Crippen LogP contribution in [0.3, 0.4) is 0 Å². The van der Waals surface area contributed by atoms with E-state index in [9.17, 15) is 22.8 Å². The lowest BCUT2D eigenvalue weighted by Gasteiger charge is -2.32. The Labute approximate surface area is 187 Å². The molecule has 1 saturated heterocycles. The largest absolute Gasteiger partial charge is 0.466 e. The van der Waals surface area contributed by atoms with Gasteiger partial charge in [0, 0.05) is 32.1 Å². The normalized spacial score (nSPS) is 20.4. The summed E-state index contributed by atoms with van der Waals surface area (Å²) < 4.78 is 31.7. The maximum Gasteiger partial charge on any atom is 0.310 e. The van der Waals surface area contributed by atoms with Gasteiger partial charge in [0.15, 0.2) is 0 Å². The summed E-state index contributed by atoms with van der Waals surface area (Å²) in [7, 11) is -2.09. The summed E-state index contributed by atoms with van der Waals surface area (Å²) in [6, 6.07) is 6.50. The lowest BCUT2D eigenvalue weighted by Crippen LogP contribution is -2.47. The van der Waals surface area contributed by atoms with Crippen LogP contribution >= 0.6 is 0 Å². The van der Waals surface area contributed by atoms with E-state index in [0.29, 0.717) is 38.1 Å². The lowest BCUT2D eigenvalue weighted by atomic mass is 9.98. The summed E-state index contributed by atoms with van der Waals surface area (Å²) in [5.74, 6) is -0.917. The van der Waals surface area contributed by atoms with Crippen molar-refractivity contribution in [3.63, 3.8) is 0 Å². The maximum absolute atomic E-state index is 12.6. The SMILES string of the molecule is CCOC(=O)C1CCCN(C(=O)CN(C)C(=O)CCN=C2NS(=O)(=O)c3ccccc32)C1. The van der Waals surface area contributed by atoms with Gasteiger partial charge in [-0.1, -0.05) is 12.1 Å². The quantitative estimate of drug-likeness (QED) is 0.582. The molecule has 0 saturated carbocycles. The molecule has 11 heteroatoms. The van der Waals surface area contributed by atoms with Crippen LogP contribution in [-0.4, -0.2) is 81.7 Å². The number of fused-ring (bicyclic) bond motifs is 1. The number of amides is 2. The number of sulfonamides is 1. The van der Waals surface area contributed by atoms with Crippen LogP contribution in [-0.2, 0) is 29.1 Å². The Balaban J connectivity index is 1.51. The molecule has 10 nitrogen and oxygen atoms in total. The van der Waals surface area contributed by atoms with Crippen LogP contribution in [0.25, 0.3) is 0 Å². The zero-order valence-corrected chi connectivity index (χ0v) is 19.1. The Morgan fingerprint density at radius 2 is 2.03 bits per heavy atom. The number of piperidine rings is 1. The van der Waals surface area contributed by atoms with Crippen molar-refractivity contribution in [2.45, 2.75) is 31.1 Å². The Kier molecular flexibility index (Phi) is 7.49. The molecule has 1 aromatic rings. The van der Waals surface area contributed by atoms with Crippen molar-refractivity contribution in [3.05, 3.63) is 29.8 Å². The van der Waals surface area contributed by atoms with E-state index in [1.165, 1.54) is 18.0 Å². The number of hydrogen-bond donors (Lipinski definition) is 1. The van der Waals surface area contributed by atoms with Crippen LogP contribution in [0.15, 0.2) is 34.2 Å². The second-order valence-electron chi connectivity index (χ2n) is 7.76. The summed E-state index contributed by atoms with van der Waals surface area (Å²) in [6.45, 7) is 2.88. The smallest absolute Gasteiger partial charge is 0.310 e. The third-order valence-corrected chi connectivity index (χ3v) is 6.85. The van der Waals surface area contributed by atoms with Gasteiger partial charge >= 0.3 is 5.97 Å². The van der Waals surface area contributed by atoms with Crippen LogP contribution in [0.2, 0.25) is 0 Å². The van der Waals surface area contributed by atoms with Crippen LogP contribution in [0.1, 0.15) is 31.7 Å². The minimum Gasteiger partial charge on any atom is -0.466 e. The Morgan fingerprint density at radius 3 is 2.78 bits per heavy atom. The monoisotopic (exact) mass is 464 g/mol. The van der Waals surface area contributed by atoms with Gasteiger partial charge in [0.25, 0.3) is 10.0 Å². The average molecular weight is 465 g/mol. The molecule has 2 aliphatic rings. The Morgan fingerprint density at radius 1 is 1.28 bits per heavy atom. The highest BCUT2D eigenvalue weighted by molar-refractivity contribution is 7.90. The number of aliphatic imine (C=N–C) groups is 1. The number of hydrogen-bond acceptors (Lipinski definition) is 7. The van der Waals surface area contributed by atoms with Gasteiger partial charge in [-0.15, -0.1) is 0 Å². The van der Waals surface area contributed by atoms with E-state index in [2.05, 4.69) is 9.71 Å². The maximum atomic E-state index is 12.6. The highest BCUT2D eigenvalue weighted by atomic mass is 32.2. The van der Waals surface area contributed by atoms with Crippen LogP contribution in [0, 0.1) is 5.92 Å². The standard InChI is InChI=1S/C21H28N4O6S/c1-3-31-21(28)15-7-6-12-25(13-15)19(27)14-24(2)18(26)10-11-22-20-16-8-4-5-9-17(16)32(29,30)23-20/h4-5,8-9,15H,3,6-7,10-14H2,1-2H3,(H,22,23). The lowest BCUT2D eigenvalue weighted by molar-refractivity contribution is -0.152. The first kappa shape index (κ1) is 23.7. The highest BCUT2D eigenvalue weighted by Gasteiger charge is 2.31. The molecular weight excluding hydrogens is 436 g/mol. The van der Waals surface area contributed by atoms with Gasteiger partial charge in [0.1, 0.15) is 5.84 Å². The molecule has 2 aliphatic heterocycles. The van der Waals surface area contributed by atoms with Crippen molar-refractivity contribution >= 4 is 33.6 Å². The molecule has 1 aromatic carbocycles. The van der Waals surface area contributed by atoms with Crippen LogP contribution < -0.4 is 4.72 Å². The van der Waals surface area contributed by atoms with E-state index in [1.54, 1.807) is 30.0 Å². The number of esters is 1. The van der Waals surface area contributed by atoms with Gasteiger partial charge in [0.2, 0.25) is 11.8 Å². The fourth-order valence-electron chi connectivity index (χ4n) is 3.75. The first-order valence-corrected chi connectivity index (χ1v) is 12.1. The predicted octanol–water partition coefficient (Wildman–Crippen LogP) is 0.375. The molecule has 0 aliphatic carbocycles. The molecule has 0 bridgehead atoms. The van der Waals surface area contributed by atoms with Crippen molar-refractivity contribution in [1.29, 1.82) is 0 Å². The zero-order chi connectivity index (χ0) is 23.3. The number of rotatable bonds is 7. The third-order valence-electron chi connectivity index (χ3n) is 5.45. The van der Waals surface area contributed by atoms with E-state index >= 15 is 0 Å². The Bertz CT molecular complexity index is 1020. The van der Waals surface area contributed by atoms with Gasteiger partial charge in [-0.25, -0.2) is 8.42 Å². The average Bonchev–Trinajstić information content (AvgIpc) is 3.04. The molecule has 2 heterocycles. The van der Waals surface area contributed by atoms with Crippen molar-refractivity contribution in [2.75, 3.05) is 39.8 Å². The number of ether oxygens (including phenoxy) is 1. The molecule has 1 fully saturated rings. The molecule has 0 spiro atoms. The molecule has 174 valence electrons. The number of carbonyl (C=O) groups excluding carboxylic acids is 3. The number of amidine groups is 1. The van der Waals surface area contributed by atoms with Gasteiger partial charge in [-0.2, -0.15) is 0 Å². The van der Waals surface area contributed by atoms with Gasteiger partial charge in [-0.05, 0) is 31.9 Å². The van der Waals surface area contributed by atoms with E-state index in [4.69, 9.17) is 4.74 Å². The molecule has 0 radical (unpaired) electrons. The molecule has 2 amide bonds. The van der Waals surface area contributed by atoms with E-state index in [-0.39, 0.29) is 53.9 Å². The Hall–Kier alpha value is -2.95. The molecular formula is C21H28N4O6S. The third kappa shape index (κ3) is 5.45. The first-order chi connectivity index (χ1) is 15.2. The van der Waals surface area contributed by atoms with E-state index < -0.39 is 10.0 Å². The summed E-state index contributed by atoms with van der Waals surface area (Å²) >= 11 is 0. The molecule has 3 rings (SSSR count). The van der Waals surface area contributed by atoms with Crippen LogP contribution in [0.4, 0.5) is 0 Å². The minimum absolute atomic E-state index is 0.0304. The van der Waals surface area contributed by atoms with Gasteiger partial charge in [0.05, 0.1) is 30.5 Å². The van der Waals surface area contributed by atoms with Crippen molar-refractivity contribution in [1.82, 2.24) is 14.5 Å². The first-order valence-electron chi connectivity index (χ1n) is 10.6. The van der Waals surface area contributed by atoms with Crippen molar-refractivity contribution in [2.24, 2.45) is 10.9 Å². The van der Waals surface area contributed by atoms with Crippen molar-refractivity contribution in [3.8, 4) is 0 Å². The number of nitrogens with zero attached hydrogens (tertiary/aromatic N) is 3. The summed E-state index contributed by atoms with van der Waals surface area (Å²) in [5.41, 5.74) is 0.477. The second kappa shape index (κ2) is 10.1. The molecule has 1 atom stereocenters. The zero-order valence-electron chi connectivity index (χ0n) is 18.2. The topological polar surface area (TPSA) is 125 Å². The molecule has 1 unspecified atom stereocenters. The molecule has 32 heavy (non-hydrogen) atoms. The fraction of sp³-hybridized carbons (Fsp3) is 0.524.